The number of carboxylic acids is 1. The number of nitrogens with zero attached hydrogens (tertiary/aromatic N) is 2. The lowest BCUT2D eigenvalue weighted by Crippen LogP contribution is -2.28. The number of benzene rings is 1. The van der Waals surface area contributed by atoms with E-state index in [0.717, 1.165) is 46.0 Å². The van der Waals surface area contributed by atoms with E-state index < -0.39 is 11.4 Å². The number of carboxylic acid groups (broad SMARTS) is 1. The van der Waals surface area contributed by atoms with Crippen molar-refractivity contribution < 1.29 is 14.6 Å². The van der Waals surface area contributed by atoms with Gasteiger partial charge in [0.15, 0.2) is 5.43 Å². The van der Waals surface area contributed by atoms with Crippen LogP contribution in [0, 0.1) is 11.8 Å². The fraction of sp³-hybridized carbons (Fsp3) is 0.400. The zero-order valence-corrected chi connectivity index (χ0v) is 19.6. The molecule has 1 N–H and O–H groups in total. The maximum absolute atomic E-state index is 12.6. The van der Waals surface area contributed by atoms with Crippen LogP contribution in [-0.4, -0.2) is 27.2 Å². The maximum atomic E-state index is 12.6. The smallest absolute Gasteiger partial charge is 0.341 e. The Bertz CT molecular complexity index is 1200. The van der Waals surface area contributed by atoms with E-state index in [9.17, 15) is 14.7 Å². The summed E-state index contributed by atoms with van der Waals surface area (Å²) in [5.41, 5.74) is 2.99. The van der Waals surface area contributed by atoms with Gasteiger partial charge in [0.25, 0.3) is 0 Å². The van der Waals surface area contributed by atoms with Crippen LogP contribution in [0.2, 0.25) is 0 Å². The van der Waals surface area contributed by atoms with Gasteiger partial charge in [-0.1, -0.05) is 27.7 Å². The predicted molar refractivity (Wildman–Crippen MR) is 127 cm³/mol. The summed E-state index contributed by atoms with van der Waals surface area (Å²) < 4.78 is 8.18. The summed E-state index contributed by atoms with van der Waals surface area (Å²) in [5, 5.41) is 12.3. The van der Waals surface area contributed by atoms with Crippen molar-refractivity contribution in [2.24, 2.45) is 11.8 Å². The molecular weight excluding hydrogens is 424 g/mol. The second kappa shape index (κ2) is 8.90. The second-order valence-corrected chi connectivity index (χ2v) is 9.93. The molecule has 0 aliphatic carbocycles. The van der Waals surface area contributed by atoms with E-state index in [1.807, 2.05) is 16.0 Å². The third kappa shape index (κ3) is 4.21. The van der Waals surface area contributed by atoms with Crippen molar-refractivity contribution in [3.8, 4) is 27.6 Å². The first-order chi connectivity index (χ1) is 15.3. The van der Waals surface area contributed by atoms with Gasteiger partial charge in [-0.25, -0.2) is 9.78 Å². The van der Waals surface area contributed by atoms with E-state index in [1.165, 1.54) is 23.6 Å². The first kappa shape index (κ1) is 22.3. The number of aromatic nitrogens is 2. The van der Waals surface area contributed by atoms with E-state index in [1.54, 1.807) is 6.20 Å². The van der Waals surface area contributed by atoms with Gasteiger partial charge in [0.2, 0.25) is 0 Å². The summed E-state index contributed by atoms with van der Waals surface area (Å²) in [6.07, 6.45) is 4.97. The highest BCUT2D eigenvalue weighted by Crippen LogP contribution is 2.43. The lowest BCUT2D eigenvalue weighted by atomic mass is 9.86. The number of ether oxygens (including phenoxy) is 1. The quantitative estimate of drug-likeness (QED) is 0.511. The molecule has 0 fully saturated rings. The number of carbonyl (C=O) groups is 1. The molecule has 0 radical (unpaired) electrons. The first-order valence-electron chi connectivity index (χ1n) is 11.0. The molecule has 0 spiro atoms. The van der Waals surface area contributed by atoms with Crippen LogP contribution in [0.3, 0.4) is 0 Å². The largest absolute Gasteiger partial charge is 0.493 e. The Kier molecular flexibility index (Phi) is 6.20. The Hall–Kier alpha value is -2.93. The Morgan fingerprint density at radius 2 is 2.03 bits per heavy atom. The van der Waals surface area contributed by atoms with Crippen molar-refractivity contribution in [3.05, 3.63) is 57.3 Å². The average Bonchev–Trinajstić information content (AvgIpc) is 3.26. The molecule has 4 rings (SSSR count). The van der Waals surface area contributed by atoms with Gasteiger partial charge in [-0.05, 0) is 42.4 Å². The normalized spacial score (nSPS) is 15.0. The van der Waals surface area contributed by atoms with Gasteiger partial charge in [0, 0.05) is 35.4 Å². The van der Waals surface area contributed by atoms with Crippen LogP contribution in [-0.2, 0) is 6.42 Å². The molecule has 1 atom stereocenters. The maximum Gasteiger partial charge on any atom is 0.341 e. The number of hydrogen-bond donors (Lipinski definition) is 1. The molecule has 168 valence electrons. The van der Waals surface area contributed by atoms with E-state index in [-0.39, 0.29) is 17.5 Å². The molecule has 0 bridgehead atoms. The van der Waals surface area contributed by atoms with Crippen LogP contribution in [0.15, 0.2) is 40.8 Å². The number of rotatable bonds is 7. The molecule has 3 aromatic rings. The van der Waals surface area contributed by atoms with Gasteiger partial charge < -0.3 is 14.4 Å². The van der Waals surface area contributed by atoms with Crippen molar-refractivity contribution >= 4 is 17.3 Å². The topological polar surface area (TPSA) is 81.4 Å². The lowest BCUT2D eigenvalue weighted by Gasteiger charge is -2.34. The van der Waals surface area contributed by atoms with Crippen LogP contribution in [0.25, 0.3) is 21.8 Å². The van der Waals surface area contributed by atoms with Gasteiger partial charge in [-0.3, -0.25) is 4.79 Å². The predicted octanol–water partition coefficient (Wildman–Crippen LogP) is 5.52. The molecule has 32 heavy (non-hydrogen) atoms. The number of pyridine rings is 1. The Morgan fingerprint density at radius 1 is 1.25 bits per heavy atom. The van der Waals surface area contributed by atoms with E-state index in [4.69, 9.17) is 4.74 Å². The van der Waals surface area contributed by atoms with Gasteiger partial charge in [-0.2, -0.15) is 0 Å². The molecule has 6 nitrogen and oxygen atoms in total. The van der Waals surface area contributed by atoms with Crippen molar-refractivity contribution in [3.63, 3.8) is 0 Å². The Labute approximate surface area is 191 Å². The SMILES string of the molecule is CC(C)CCOc1cc2c(cc1-c1nccs1)-c1cc(=O)c(C(=O)O)cn1C(C(C)C)C2. The number of hydrogen-bond acceptors (Lipinski definition) is 5. The van der Waals surface area contributed by atoms with Crippen LogP contribution < -0.4 is 10.2 Å². The summed E-state index contributed by atoms with van der Waals surface area (Å²) in [7, 11) is 0. The van der Waals surface area contributed by atoms with Crippen LogP contribution in [0.1, 0.15) is 56.1 Å². The lowest BCUT2D eigenvalue weighted by molar-refractivity contribution is 0.0694. The molecule has 1 aliphatic heterocycles. The summed E-state index contributed by atoms with van der Waals surface area (Å²) in [4.78, 5) is 28.7. The molecule has 1 unspecified atom stereocenters. The fourth-order valence-corrected chi connectivity index (χ4v) is 4.82. The first-order valence-corrected chi connectivity index (χ1v) is 11.8. The Morgan fingerprint density at radius 3 is 2.66 bits per heavy atom. The van der Waals surface area contributed by atoms with Gasteiger partial charge in [0.05, 0.1) is 17.9 Å². The molecule has 1 aliphatic rings. The molecule has 0 saturated heterocycles. The number of fused-ring (bicyclic) bond motifs is 3. The number of aromatic carboxylic acids is 1. The Balaban J connectivity index is 1.89. The molecule has 2 aromatic heterocycles. The number of thiazole rings is 1. The van der Waals surface area contributed by atoms with E-state index >= 15 is 0 Å². The highest BCUT2D eigenvalue weighted by Gasteiger charge is 2.29. The molecule has 0 saturated carbocycles. The minimum absolute atomic E-state index is 0.0467. The molecule has 1 aromatic carbocycles. The molecular formula is C25H28N2O4S. The summed E-state index contributed by atoms with van der Waals surface area (Å²) in [5.74, 6) is 0.411. The van der Waals surface area contributed by atoms with E-state index in [2.05, 4.69) is 38.7 Å². The zero-order valence-electron chi connectivity index (χ0n) is 18.8. The summed E-state index contributed by atoms with van der Waals surface area (Å²) in [6, 6.07) is 5.63. The minimum atomic E-state index is -1.20. The fourth-order valence-electron chi connectivity index (χ4n) is 4.16. The van der Waals surface area contributed by atoms with Crippen molar-refractivity contribution in [1.29, 1.82) is 0 Å². The van der Waals surface area contributed by atoms with Crippen molar-refractivity contribution in [2.45, 2.75) is 46.6 Å². The van der Waals surface area contributed by atoms with Crippen LogP contribution in [0.5, 0.6) is 5.75 Å². The van der Waals surface area contributed by atoms with Gasteiger partial charge in [0.1, 0.15) is 16.3 Å². The molecule has 3 heterocycles. The monoisotopic (exact) mass is 452 g/mol. The zero-order chi connectivity index (χ0) is 23.0. The van der Waals surface area contributed by atoms with Crippen LogP contribution >= 0.6 is 11.3 Å². The average molecular weight is 453 g/mol. The standard InChI is InChI=1S/C25H28N2O4S/c1-14(2)5-7-31-23-10-16-9-20(15(3)4)27-13-19(25(29)30)22(28)12-21(27)17(16)11-18(23)24-26-6-8-32-24/h6,8,10-15,20H,5,7,9H2,1-4H3,(H,29,30). The van der Waals surface area contributed by atoms with Crippen molar-refractivity contribution in [2.75, 3.05) is 6.61 Å². The van der Waals surface area contributed by atoms with Gasteiger partial charge in [-0.15, -0.1) is 11.3 Å². The second-order valence-electron chi connectivity index (χ2n) is 9.04. The molecule has 0 amide bonds. The van der Waals surface area contributed by atoms with Gasteiger partial charge >= 0.3 is 5.97 Å². The minimum Gasteiger partial charge on any atom is -0.493 e. The summed E-state index contributed by atoms with van der Waals surface area (Å²) >= 11 is 1.54. The highest BCUT2D eigenvalue weighted by atomic mass is 32.1. The van der Waals surface area contributed by atoms with Crippen LogP contribution in [0.4, 0.5) is 0 Å². The third-order valence-corrected chi connectivity index (χ3v) is 6.77. The third-order valence-electron chi connectivity index (χ3n) is 5.96. The molecule has 7 heteroatoms. The van der Waals surface area contributed by atoms with E-state index in [0.29, 0.717) is 12.5 Å². The highest BCUT2D eigenvalue weighted by molar-refractivity contribution is 7.13. The summed E-state index contributed by atoms with van der Waals surface area (Å²) in [6.45, 7) is 9.20. The van der Waals surface area contributed by atoms with Crippen molar-refractivity contribution in [1.82, 2.24) is 9.55 Å².